The molecule has 172 valence electrons. The van der Waals surface area contributed by atoms with Crippen LogP contribution in [0.25, 0.3) is 32.7 Å². The van der Waals surface area contributed by atoms with Gasteiger partial charge in [0.2, 0.25) is 0 Å². The standard InChI is InChI=1S/C28H32O4Si/c1-29-25-15-13-21-9-5-7-11-23(21)27(25)28-24-12-8-6-10-22(24)14-16-26(28)32-20-31-19-30-17-18-33(2,3)4/h5-16H,17-20H2,1-4H3. The quantitative estimate of drug-likeness (QED) is 0.141. The number of ether oxygens (including phenoxy) is 4. The van der Waals surface area contributed by atoms with Gasteiger partial charge in [-0.1, -0.05) is 80.3 Å². The number of rotatable bonds is 10. The Labute approximate surface area is 197 Å². The van der Waals surface area contributed by atoms with Gasteiger partial charge >= 0.3 is 0 Å². The summed E-state index contributed by atoms with van der Waals surface area (Å²) in [6.07, 6.45) is 0. The van der Waals surface area contributed by atoms with Crippen LogP contribution in [-0.2, 0) is 9.47 Å². The van der Waals surface area contributed by atoms with Crippen LogP contribution in [0.15, 0.2) is 72.8 Å². The maximum absolute atomic E-state index is 6.15. The molecule has 0 bridgehead atoms. The molecule has 0 atom stereocenters. The molecule has 0 radical (unpaired) electrons. The molecule has 0 N–H and O–H groups in total. The van der Waals surface area contributed by atoms with Crippen LogP contribution in [0.3, 0.4) is 0 Å². The van der Waals surface area contributed by atoms with Gasteiger partial charge in [-0.25, -0.2) is 0 Å². The highest BCUT2D eigenvalue weighted by atomic mass is 28.3. The van der Waals surface area contributed by atoms with Crippen molar-refractivity contribution in [1.82, 2.24) is 0 Å². The second-order valence-electron chi connectivity index (χ2n) is 9.33. The van der Waals surface area contributed by atoms with Crippen molar-refractivity contribution in [2.45, 2.75) is 25.7 Å². The second kappa shape index (κ2) is 10.4. The summed E-state index contributed by atoms with van der Waals surface area (Å²) in [6, 6.07) is 26.0. The first kappa shape index (κ1) is 23.3. The average molecular weight is 461 g/mol. The minimum atomic E-state index is -1.10. The van der Waals surface area contributed by atoms with Crippen molar-refractivity contribution >= 4 is 29.6 Å². The number of fused-ring (bicyclic) bond motifs is 2. The monoisotopic (exact) mass is 460 g/mol. The first-order valence-electron chi connectivity index (χ1n) is 11.3. The van der Waals surface area contributed by atoms with Gasteiger partial charge in [0.25, 0.3) is 0 Å². The zero-order chi connectivity index (χ0) is 23.3. The second-order valence-corrected chi connectivity index (χ2v) is 14.9. The number of benzene rings is 4. The normalized spacial score (nSPS) is 11.8. The van der Waals surface area contributed by atoms with E-state index < -0.39 is 8.07 Å². The summed E-state index contributed by atoms with van der Waals surface area (Å²) in [5, 5.41) is 4.52. The Bertz CT molecular complexity index is 1230. The van der Waals surface area contributed by atoms with Gasteiger partial charge in [-0.05, 0) is 39.7 Å². The van der Waals surface area contributed by atoms with E-state index in [9.17, 15) is 0 Å². The molecule has 0 aromatic heterocycles. The van der Waals surface area contributed by atoms with Crippen molar-refractivity contribution in [3.63, 3.8) is 0 Å². The van der Waals surface area contributed by atoms with Gasteiger partial charge in [0.15, 0.2) is 13.6 Å². The van der Waals surface area contributed by atoms with Crippen molar-refractivity contribution in [2.24, 2.45) is 0 Å². The van der Waals surface area contributed by atoms with E-state index in [1.54, 1.807) is 7.11 Å². The van der Waals surface area contributed by atoms with Crippen LogP contribution in [-0.4, -0.2) is 35.4 Å². The van der Waals surface area contributed by atoms with E-state index in [-0.39, 0.29) is 13.6 Å². The molecular weight excluding hydrogens is 428 g/mol. The summed E-state index contributed by atoms with van der Waals surface area (Å²) in [5.74, 6) is 1.57. The van der Waals surface area contributed by atoms with Crippen LogP contribution >= 0.6 is 0 Å². The molecule has 0 heterocycles. The van der Waals surface area contributed by atoms with Gasteiger partial charge in [0.05, 0.1) is 7.11 Å². The summed E-state index contributed by atoms with van der Waals surface area (Å²) in [4.78, 5) is 0. The molecule has 0 fully saturated rings. The highest BCUT2D eigenvalue weighted by molar-refractivity contribution is 6.76. The molecule has 0 aliphatic heterocycles. The topological polar surface area (TPSA) is 36.9 Å². The minimum absolute atomic E-state index is 0.116. The van der Waals surface area contributed by atoms with Gasteiger partial charge in [0, 0.05) is 25.8 Å². The summed E-state index contributed by atoms with van der Waals surface area (Å²) in [6.45, 7) is 8.08. The third kappa shape index (κ3) is 5.56. The highest BCUT2D eigenvalue weighted by Crippen LogP contribution is 2.45. The highest BCUT2D eigenvalue weighted by Gasteiger charge is 2.18. The summed E-state index contributed by atoms with van der Waals surface area (Å²) in [5.41, 5.74) is 2.03. The van der Waals surface area contributed by atoms with Crippen LogP contribution in [0.1, 0.15) is 0 Å². The lowest BCUT2D eigenvalue weighted by Gasteiger charge is -2.19. The lowest BCUT2D eigenvalue weighted by molar-refractivity contribution is -0.0959. The number of hydrogen-bond donors (Lipinski definition) is 0. The Morgan fingerprint density at radius 1 is 0.636 bits per heavy atom. The van der Waals surface area contributed by atoms with E-state index in [2.05, 4.69) is 74.2 Å². The van der Waals surface area contributed by atoms with E-state index in [1.807, 2.05) is 18.2 Å². The Kier molecular flexibility index (Phi) is 7.33. The van der Waals surface area contributed by atoms with Gasteiger partial charge in [-0.2, -0.15) is 0 Å². The maximum atomic E-state index is 6.15. The van der Waals surface area contributed by atoms with Crippen LogP contribution in [0.2, 0.25) is 25.7 Å². The third-order valence-electron chi connectivity index (χ3n) is 5.71. The molecule has 4 aromatic carbocycles. The zero-order valence-corrected chi connectivity index (χ0v) is 20.9. The van der Waals surface area contributed by atoms with E-state index >= 15 is 0 Å². The molecule has 33 heavy (non-hydrogen) atoms. The summed E-state index contributed by atoms with van der Waals surface area (Å²) in [7, 11) is 0.604. The Morgan fingerprint density at radius 3 is 1.82 bits per heavy atom. The molecule has 0 unspecified atom stereocenters. The summed E-state index contributed by atoms with van der Waals surface area (Å²) < 4.78 is 23.2. The van der Waals surface area contributed by atoms with Crippen molar-refractivity contribution in [3.05, 3.63) is 72.8 Å². The fourth-order valence-corrected chi connectivity index (χ4v) is 4.70. The smallest absolute Gasteiger partial charge is 0.191 e. The van der Waals surface area contributed by atoms with Crippen molar-refractivity contribution < 1.29 is 18.9 Å². The lowest BCUT2D eigenvalue weighted by Crippen LogP contribution is -2.22. The fraction of sp³-hybridized carbons (Fsp3) is 0.286. The first-order chi connectivity index (χ1) is 16.0. The Morgan fingerprint density at radius 2 is 1.21 bits per heavy atom. The molecule has 4 rings (SSSR count). The minimum Gasteiger partial charge on any atom is -0.496 e. The largest absolute Gasteiger partial charge is 0.496 e. The summed E-state index contributed by atoms with van der Waals surface area (Å²) >= 11 is 0. The molecule has 0 saturated heterocycles. The molecule has 0 aliphatic rings. The molecule has 0 saturated carbocycles. The van der Waals surface area contributed by atoms with Crippen LogP contribution in [0, 0.1) is 0 Å². The Balaban J connectivity index is 1.65. The molecular formula is C28H32O4Si. The van der Waals surface area contributed by atoms with E-state index in [4.69, 9.17) is 18.9 Å². The number of methoxy groups -OCH3 is 1. The zero-order valence-electron chi connectivity index (χ0n) is 19.9. The maximum Gasteiger partial charge on any atom is 0.191 e. The van der Waals surface area contributed by atoms with Crippen molar-refractivity contribution in [1.29, 1.82) is 0 Å². The molecule has 4 nitrogen and oxygen atoms in total. The Hall–Kier alpha value is -2.86. The third-order valence-corrected chi connectivity index (χ3v) is 7.42. The molecule has 4 aromatic rings. The predicted octanol–water partition coefficient (Wildman–Crippen LogP) is 7.33. The van der Waals surface area contributed by atoms with E-state index in [1.165, 1.54) is 0 Å². The molecule has 0 aliphatic carbocycles. The lowest BCUT2D eigenvalue weighted by atomic mass is 9.92. The van der Waals surface area contributed by atoms with E-state index in [0.717, 1.165) is 56.8 Å². The predicted molar refractivity (Wildman–Crippen MR) is 139 cm³/mol. The van der Waals surface area contributed by atoms with Crippen LogP contribution < -0.4 is 9.47 Å². The first-order valence-corrected chi connectivity index (χ1v) is 15.0. The number of hydrogen-bond acceptors (Lipinski definition) is 4. The van der Waals surface area contributed by atoms with Gasteiger partial charge < -0.3 is 18.9 Å². The molecule has 0 amide bonds. The fourth-order valence-electron chi connectivity index (χ4n) is 3.94. The van der Waals surface area contributed by atoms with Gasteiger partial charge in [0.1, 0.15) is 11.5 Å². The molecule has 0 spiro atoms. The van der Waals surface area contributed by atoms with Crippen LogP contribution in [0.5, 0.6) is 11.5 Å². The van der Waals surface area contributed by atoms with Crippen molar-refractivity contribution in [2.75, 3.05) is 27.3 Å². The molecule has 5 heteroatoms. The van der Waals surface area contributed by atoms with Gasteiger partial charge in [-0.3, -0.25) is 0 Å². The van der Waals surface area contributed by atoms with E-state index in [0.29, 0.717) is 0 Å². The van der Waals surface area contributed by atoms with Crippen LogP contribution in [0.4, 0.5) is 0 Å². The van der Waals surface area contributed by atoms with Crippen molar-refractivity contribution in [3.8, 4) is 22.6 Å². The SMILES string of the molecule is COc1ccc2ccccc2c1-c1c(OCOCOCC[Si](C)(C)C)ccc2ccccc12. The van der Waals surface area contributed by atoms with Gasteiger partial charge in [-0.15, -0.1) is 0 Å². The average Bonchev–Trinajstić information content (AvgIpc) is 2.82.